The molecule has 1 unspecified atom stereocenters. The Labute approximate surface area is 853 Å². The van der Waals surface area contributed by atoms with E-state index in [9.17, 15) is 91.5 Å². The van der Waals surface area contributed by atoms with E-state index in [0.717, 1.165) is 88.8 Å². The number of imide groups is 1. The van der Waals surface area contributed by atoms with Crippen LogP contribution in [0.2, 0.25) is 0 Å². The van der Waals surface area contributed by atoms with Gasteiger partial charge in [0.15, 0.2) is 5.43 Å². The van der Waals surface area contributed by atoms with Gasteiger partial charge in [0.1, 0.15) is 35.5 Å². The molecule has 6 amide bonds. The van der Waals surface area contributed by atoms with Crippen LogP contribution in [0.5, 0.6) is 5.75 Å². The first-order chi connectivity index (χ1) is 68.6. The number of aromatic hydroxyl groups is 1. The van der Waals surface area contributed by atoms with Gasteiger partial charge >= 0.3 is 21.6 Å². The van der Waals surface area contributed by atoms with Crippen molar-refractivity contribution in [2.24, 2.45) is 34.9 Å². The van der Waals surface area contributed by atoms with E-state index in [1.807, 2.05) is 168 Å². The highest BCUT2D eigenvalue weighted by Gasteiger charge is 2.48. The number of benzene rings is 11. The molecule has 0 saturated carbocycles. The van der Waals surface area contributed by atoms with E-state index in [1.54, 1.807) is 66.7 Å². The molecular formula is C104H100Cl2F3N13O20S4. The summed E-state index contributed by atoms with van der Waals surface area (Å²) in [5.74, 6) is 2.14. The Kier molecular flexibility index (Phi) is 33.7. The number of carbonyl (C=O) groups excluding carboxylic acids is 6. The minimum Gasteiger partial charge on any atom is -1.00 e. The van der Waals surface area contributed by atoms with E-state index >= 15 is 0 Å². The van der Waals surface area contributed by atoms with Gasteiger partial charge in [-0.1, -0.05) is 122 Å². The number of hydrogen-bond donors (Lipinski definition) is 12. The molecule has 0 bridgehead atoms. The maximum Gasteiger partial charge on any atom is 0.523 e. The van der Waals surface area contributed by atoms with Crippen LogP contribution in [0.25, 0.3) is 83.7 Å². The number of nitrogens with zero attached hydrogens (tertiary/aromatic N) is 4. The number of allylic oxidation sites excluding steroid dienone is 6. The molecule has 9 aromatic rings. The summed E-state index contributed by atoms with van der Waals surface area (Å²) < 4.78 is 140. The number of carboxylic acid groups (broad SMARTS) is 1. The second-order valence-corrected chi connectivity index (χ2v) is 40.0. The quantitative estimate of drug-likeness (QED) is 0.00272. The number of para-hydroxylation sites is 2. The molecule has 16 N–H and O–H groups in total. The Morgan fingerprint density at radius 3 is 1.90 bits per heavy atom. The molecule has 5 aliphatic heterocycles. The number of aryl methyl sites for hydroxylation is 1. The third kappa shape index (κ3) is 23.3. The number of rotatable bonds is 21. The first-order valence-corrected chi connectivity index (χ1v) is 49.9. The molecule has 2 fully saturated rings. The molecule has 146 heavy (non-hydrogen) atoms. The lowest BCUT2D eigenvalue weighted by Gasteiger charge is -2.37. The molecule has 760 valence electrons. The lowest BCUT2D eigenvalue weighted by atomic mass is 9.68. The summed E-state index contributed by atoms with van der Waals surface area (Å²) in [5, 5.41) is 34.2. The van der Waals surface area contributed by atoms with Crippen LogP contribution in [0, 0.1) is 18.8 Å². The van der Waals surface area contributed by atoms with E-state index in [2.05, 4.69) is 41.0 Å². The summed E-state index contributed by atoms with van der Waals surface area (Å²) >= 11 is 5.07. The van der Waals surface area contributed by atoms with Gasteiger partial charge in [0.05, 0.1) is 63.9 Å². The van der Waals surface area contributed by atoms with E-state index < -0.39 is 72.6 Å². The number of nitrogens with two attached hydrogens (primary N) is 4. The average molecular weight is 2110 g/mol. The second-order valence-electron chi connectivity index (χ2n) is 34.7. The number of phenols is 1. The van der Waals surface area contributed by atoms with Crippen LogP contribution in [-0.2, 0) is 60.0 Å². The van der Waals surface area contributed by atoms with E-state index in [-0.39, 0.29) is 143 Å². The van der Waals surface area contributed by atoms with Crippen molar-refractivity contribution in [2.75, 3.05) is 70.3 Å². The third-order valence-corrected chi connectivity index (χ3v) is 29.7. The number of thiocarbonyl (C=S) groups is 1. The number of hydrazine groups is 1. The Morgan fingerprint density at radius 2 is 1.29 bits per heavy atom. The predicted octanol–water partition coefficient (Wildman–Crippen LogP) is 10.5. The molecule has 2 saturated heterocycles. The van der Waals surface area contributed by atoms with Crippen molar-refractivity contribution in [2.45, 2.75) is 80.1 Å². The lowest BCUT2D eigenvalue weighted by molar-refractivity contribution is -0.126. The normalized spacial score (nSPS) is 16.0. The fourth-order valence-corrected chi connectivity index (χ4v) is 21.3. The van der Waals surface area contributed by atoms with Gasteiger partial charge in [0.25, 0.3) is 27.8 Å². The van der Waals surface area contributed by atoms with Gasteiger partial charge < -0.3 is 74.8 Å². The number of hydrogen-bond acceptors (Lipinski definition) is 24. The molecule has 33 nitrogen and oxygen atoms in total. The topological polar surface area (TPSA) is 512 Å². The Hall–Kier alpha value is -14.7. The summed E-state index contributed by atoms with van der Waals surface area (Å²) in [6, 6.07) is 64.6. The highest BCUT2D eigenvalue weighted by atomic mass is 35.5. The number of fused-ring (bicyclic) bond motifs is 6. The Balaban J connectivity index is 0.000000161. The van der Waals surface area contributed by atoms with Crippen LogP contribution >= 0.6 is 24.6 Å². The van der Waals surface area contributed by atoms with Gasteiger partial charge in [0, 0.05) is 155 Å². The number of piperidine rings is 1. The van der Waals surface area contributed by atoms with Crippen LogP contribution in [-0.4, -0.2) is 167 Å². The summed E-state index contributed by atoms with van der Waals surface area (Å²) in [4.78, 5) is 97.5. The van der Waals surface area contributed by atoms with Crippen LogP contribution in [0.1, 0.15) is 98.8 Å². The fraction of sp³-hybridized carbons (Fsp3) is 0.212. The first-order valence-electron chi connectivity index (χ1n) is 45.2. The molecule has 10 aliphatic rings. The number of phenolic OH excluding ortho intramolecular Hbond substituents is 1. The van der Waals surface area contributed by atoms with Crippen LogP contribution < -0.4 is 82.4 Å². The smallest absolute Gasteiger partial charge is 0.523 e. The second kappa shape index (κ2) is 45.3. The zero-order valence-corrected chi connectivity index (χ0v) is 83.7. The summed E-state index contributed by atoms with van der Waals surface area (Å²) in [5.41, 5.74) is 29.3. The van der Waals surface area contributed by atoms with Gasteiger partial charge in [-0.2, -0.15) is 38.9 Å². The minimum atomic E-state index is -5.77. The number of nitrogens with one attached hydrogen (secondary N) is 5. The summed E-state index contributed by atoms with van der Waals surface area (Å²) in [6.45, 7) is 4.74. The maximum absolute atomic E-state index is 14.4. The van der Waals surface area contributed by atoms with Gasteiger partial charge in [-0.15, -0.1) is 12.4 Å². The van der Waals surface area contributed by atoms with Crippen molar-refractivity contribution in [1.29, 1.82) is 0 Å². The molecule has 19 rings (SSSR count). The Bertz CT molecular complexity index is 7910. The molecule has 5 aliphatic carbocycles. The zero-order chi connectivity index (χ0) is 103. The number of alkyl halides is 3. The first kappa shape index (κ1) is 109. The van der Waals surface area contributed by atoms with Crippen LogP contribution in [0.15, 0.2) is 282 Å². The monoisotopic (exact) mass is 2110 g/mol. The van der Waals surface area contributed by atoms with E-state index in [0.29, 0.717) is 97.1 Å². The van der Waals surface area contributed by atoms with Crippen LogP contribution in [0.3, 0.4) is 0 Å². The SMILES string of the molecule is CC1=C2C=Cc3c(C)cc(S(=O)(=O)O)c4c3C2C(=CC4)C(N)=C1.CN(c1ccccc1)c1ccc2c(-c3ccccc3S(=O)(=O)N3CCC(C(=O)NCN)CC3)c3ccc(=[N+](C)c4ccccc4)cc-3oc2c1.C[C@@H]1CC(=O)N[C@@H]1CC(=O)NCC(=O)NN.Cl.NCC(=S)Nc1ccc(-c2c3ccc(=O)cc-3oc3cc(O)ccc23)c(C(=O)O)c1.O=C1c2cc3ccccc3cc2C(=O)N1CCOS(=O)(=O)C(F)(F)F.[Cl-]. The predicted molar refractivity (Wildman–Crippen MR) is 550 cm³/mol. The van der Waals surface area contributed by atoms with Crippen molar-refractivity contribution >= 4 is 163 Å². The number of amides is 6. The van der Waals surface area contributed by atoms with Crippen LogP contribution in [0.4, 0.5) is 35.9 Å². The van der Waals surface area contributed by atoms with Crippen molar-refractivity contribution in [3.63, 3.8) is 0 Å². The largest absolute Gasteiger partial charge is 1.00 e. The molecule has 3 atom stereocenters. The number of carboxylic acids is 1. The maximum atomic E-state index is 14.4. The van der Waals surface area contributed by atoms with Crippen molar-refractivity contribution in [3.8, 4) is 50.7 Å². The fourth-order valence-electron chi connectivity index (χ4n) is 18.3. The number of sulfonamides is 1. The van der Waals surface area contributed by atoms with E-state index in [4.69, 9.17) is 44.1 Å². The van der Waals surface area contributed by atoms with Gasteiger partial charge in [0.2, 0.25) is 38.8 Å². The average Bonchev–Trinajstić information content (AvgIpc) is 0.822. The van der Waals surface area contributed by atoms with Crippen molar-refractivity contribution in [1.82, 2.24) is 35.2 Å². The lowest BCUT2D eigenvalue weighted by Crippen LogP contribution is -3.00. The Morgan fingerprint density at radius 1 is 0.685 bits per heavy atom. The molecule has 0 radical (unpaired) electrons. The van der Waals surface area contributed by atoms with Gasteiger partial charge in [-0.05, 0) is 191 Å². The highest BCUT2D eigenvalue weighted by Crippen LogP contribution is 2.52. The third-order valence-electron chi connectivity index (χ3n) is 25.5. The minimum absolute atomic E-state index is 0. The molecule has 9 aromatic carbocycles. The van der Waals surface area contributed by atoms with E-state index in [1.165, 1.54) is 46.8 Å². The van der Waals surface area contributed by atoms with Crippen molar-refractivity contribution in [3.05, 3.63) is 314 Å². The van der Waals surface area contributed by atoms with Gasteiger partial charge in [-0.25, -0.2) is 19.1 Å². The zero-order valence-electron chi connectivity index (χ0n) is 78.8. The molecule has 0 spiro atoms. The standard InChI is InChI=1S/C40H39N5O4S.C22H16N2O5S.C18H17NO3S.C15H10F3NO5S.C9H16N4O3.2ClH/c1-43(29-11-5-3-6-12-29)31-17-19-33-36(25-31)49-37-26-32(44(2)30-13-7-4-8-14-30)18-20-34(37)39(33)35-15-9-10-16-38(35)50(47,48)45-23-21-28(22-24-45)40(46)42-27-41;23-10-20(30)24-11-1-4-14(17(7-11)22(27)28)21-15-5-2-12(25)8-18(15)29-19-9-13(26)3-6-16(19)21;1-9-7-15(19)13-5-6-14-16(23(20,21)22)8-10(2)12-4-3-11(9)17(13)18(12)14;16-15(17,18)25(22,23)24-6-5-19-13(20)11-7-9-3-1-2-4-10(9)8-12(11)14(19)21;1-5-2-8(15)12-6(5)3-7(14)11-4-9(16)13-10;;/h3-20,25-26,28H,21-24,27,41H2,1-2H3;1-9,25H,10,23H2,(H,24,30)(H,27,28);3-5,7-8,17H,6,19H2,1-2H3,(H,20,21,22);1-4,7-8H,5-6H2;5-6H,2-4,10H2,1H3,(H,11,14)(H,12,15)(H,13,16);2*1H/t;;;;5-,6-;;/m....1../s1. The molecule has 0 aromatic heterocycles. The number of halogens is 5. The number of carbonyl (C=O) groups is 7. The molecular weight excluding hydrogens is 2010 g/mol. The summed E-state index contributed by atoms with van der Waals surface area (Å²) in [6.07, 6.45) is 10.0. The van der Waals surface area contributed by atoms with Crippen molar-refractivity contribution < 1.29 is 112 Å². The highest BCUT2D eigenvalue weighted by molar-refractivity contribution is 7.89. The number of aromatic carboxylic acids is 1. The number of anilines is 3. The van der Waals surface area contributed by atoms with Gasteiger partial charge in [-0.3, -0.25) is 52.6 Å². The molecule has 42 heteroatoms. The molecule has 5 heterocycles. The summed E-state index contributed by atoms with van der Waals surface area (Å²) in [7, 11) is -9.93.